The fourth-order valence-electron chi connectivity index (χ4n) is 3.40. The van der Waals surface area contributed by atoms with Crippen LogP contribution in [0, 0.1) is 12.7 Å². The number of nitrogens with zero attached hydrogens (tertiary/aromatic N) is 1. The number of rotatable bonds is 7. The molecule has 1 fully saturated rings. The third-order valence-electron chi connectivity index (χ3n) is 5.04. The van der Waals surface area contributed by atoms with Crippen molar-refractivity contribution < 1.29 is 18.8 Å². The zero-order chi connectivity index (χ0) is 21.0. The first-order valence-electron chi connectivity index (χ1n) is 9.30. The zero-order valence-electron chi connectivity index (χ0n) is 16.1. The summed E-state index contributed by atoms with van der Waals surface area (Å²) in [6.07, 6.45) is 1.09. The molecule has 1 saturated heterocycles. The van der Waals surface area contributed by atoms with E-state index < -0.39 is 11.9 Å². The lowest BCUT2D eigenvalue weighted by Crippen LogP contribution is -2.51. The van der Waals surface area contributed by atoms with Crippen LogP contribution < -0.4 is 16.4 Å². The van der Waals surface area contributed by atoms with Crippen LogP contribution in [0.4, 0.5) is 15.8 Å². The Balaban J connectivity index is 1.80. The van der Waals surface area contributed by atoms with Gasteiger partial charge in [0.25, 0.3) is 0 Å². The van der Waals surface area contributed by atoms with Gasteiger partial charge in [-0.3, -0.25) is 19.7 Å². The fraction of sp³-hybridized carbons (Fsp3) is 0.286. The van der Waals surface area contributed by atoms with E-state index in [0.717, 1.165) is 16.8 Å². The summed E-state index contributed by atoms with van der Waals surface area (Å²) in [7, 11) is 0. The van der Waals surface area contributed by atoms with Gasteiger partial charge in [0, 0.05) is 36.4 Å². The smallest absolute Gasteiger partial charge is 0.249 e. The van der Waals surface area contributed by atoms with Crippen molar-refractivity contribution in [2.45, 2.75) is 38.9 Å². The highest BCUT2D eigenvalue weighted by molar-refractivity contribution is 6.00. The van der Waals surface area contributed by atoms with Crippen molar-refractivity contribution in [1.82, 2.24) is 10.2 Å². The average molecular weight is 398 g/mol. The molecule has 4 N–H and O–H groups in total. The molecule has 1 atom stereocenters. The molecule has 1 aliphatic heterocycles. The van der Waals surface area contributed by atoms with E-state index in [2.05, 4.69) is 10.6 Å². The molecule has 0 aromatic heterocycles. The maximum atomic E-state index is 14.0. The van der Waals surface area contributed by atoms with E-state index in [4.69, 9.17) is 5.73 Å². The topological polar surface area (TPSA) is 105 Å². The van der Waals surface area contributed by atoms with Gasteiger partial charge in [-0.25, -0.2) is 4.39 Å². The summed E-state index contributed by atoms with van der Waals surface area (Å²) < 4.78 is 14.0. The van der Waals surface area contributed by atoms with E-state index in [1.165, 1.54) is 17.0 Å². The number of imide groups is 1. The van der Waals surface area contributed by atoms with Crippen molar-refractivity contribution in [2.24, 2.45) is 0 Å². The second kappa shape index (κ2) is 8.72. The molecular formula is C21H23FN4O3. The van der Waals surface area contributed by atoms with Crippen LogP contribution in [0.5, 0.6) is 0 Å². The third kappa shape index (κ3) is 4.71. The van der Waals surface area contributed by atoms with Crippen LogP contribution in [0.1, 0.15) is 29.5 Å². The number of nitrogen functional groups attached to an aromatic ring is 1. The summed E-state index contributed by atoms with van der Waals surface area (Å²) in [5.74, 6) is -1.17. The van der Waals surface area contributed by atoms with Gasteiger partial charge >= 0.3 is 0 Å². The molecule has 29 heavy (non-hydrogen) atoms. The number of anilines is 2. The standard InChI is InChI=1S/C21H23FN4O3/c1-13-3-2-4-18(24-10-14-9-15(23)5-6-17(14)22)16(13)11-26(12-27)19-7-8-20(28)25-21(19)29/h2-6,9,12,19,24H,7-8,10-11,23H2,1H3,(H,25,28,29). The van der Waals surface area contributed by atoms with Gasteiger partial charge in [0.1, 0.15) is 11.9 Å². The first kappa shape index (κ1) is 20.3. The summed E-state index contributed by atoms with van der Waals surface area (Å²) in [5, 5.41) is 5.47. The molecule has 0 spiro atoms. The summed E-state index contributed by atoms with van der Waals surface area (Å²) in [6.45, 7) is 2.30. The Morgan fingerprint density at radius 2 is 2.10 bits per heavy atom. The number of hydrogen-bond acceptors (Lipinski definition) is 5. The highest BCUT2D eigenvalue weighted by Crippen LogP contribution is 2.25. The predicted octanol–water partition coefficient (Wildman–Crippen LogP) is 2.09. The number of halogens is 1. The van der Waals surface area contributed by atoms with Gasteiger partial charge in [0.2, 0.25) is 18.2 Å². The molecule has 1 unspecified atom stereocenters. The Kier molecular flexibility index (Phi) is 6.11. The first-order chi connectivity index (χ1) is 13.9. The van der Waals surface area contributed by atoms with Crippen molar-refractivity contribution in [3.63, 3.8) is 0 Å². The molecule has 2 aromatic rings. The van der Waals surface area contributed by atoms with Crippen molar-refractivity contribution in [3.05, 3.63) is 58.9 Å². The maximum Gasteiger partial charge on any atom is 0.249 e. The predicted molar refractivity (Wildman–Crippen MR) is 107 cm³/mol. The Bertz CT molecular complexity index is 948. The number of piperidine rings is 1. The normalized spacial score (nSPS) is 16.3. The Morgan fingerprint density at radius 1 is 1.31 bits per heavy atom. The second-order valence-corrected chi connectivity index (χ2v) is 7.05. The average Bonchev–Trinajstić information content (AvgIpc) is 2.69. The van der Waals surface area contributed by atoms with Crippen LogP contribution in [0.2, 0.25) is 0 Å². The monoisotopic (exact) mass is 398 g/mol. The molecule has 0 radical (unpaired) electrons. The van der Waals surface area contributed by atoms with Gasteiger partial charge in [0.15, 0.2) is 0 Å². The summed E-state index contributed by atoms with van der Waals surface area (Å²) in [5.41, 5.74) is 9.09. The summed E-state index contributed by atoms with van der Waals surface area (Å²) in [4.78, 5) is 36.6. The number of nitrogens with one attached hydrogen (secondary N) is 2. The number of nitrogens with two attached hydrogens (primary N) is 1. The van der Waals surface area contributed by atoms with Crippen LogP contribution in [0.25, 0.3) is 0 Å². The molecule has 3 amide bonds. The summed E-state index contributed by atoms with van der Waals surface area (Å²) in [6, 6.07) is 9.27. The lowest BCUT2D eigenvalue weighted by Gasteiger charge is -2.31. The first-order valence-corrected chi connectivity index (χ1v) is 9.30. The lowest BCUT2D eigenvalue weighted by atomic mass is 10.0. The van der Waals surface area contributed by atoms with Crippen molar-refractivity contribution in [1.29, 1.82) is 0 Å². The second-order valence-electron chi connectivity index (χ2n) is 7.05. The number of benzene rings is 2. The Hall–Kier alpha value is -3.42. The van der Waals surface area contributed by atoms with Crippen LogP contribution in [-0.2, 0) is 27.5 Å². The lowest BCUT2D eigenvalue weighted by molar-refractivity contribution is -0.141. The third-order valence-corrected chi connectivity index (χ3v) is 5.04. The van der Waals surface area contributed by atoms with E-state index in [-0.39, 0.29) is 37.7 Å². The highest BCUT2D eigenvalue weighted by Gasteiger charge is 2.31. The molecule has 8 heteroatoms. The van der Waals surface area contributed by atoms with Crippen molar-refractivity contribution in [2.75, 3.05) is 11.1 Å². The van der Waals surface area contributed by atoms with Crippen LogP contribution in [-0.4, -0.2) is 29.2 Å². The fourth-order valence-corrected chi connectivity index (χ4v) is 3.40. The molecule has 1 heterocycles. The number of hydrogen-bond donors (Lipinski definition) is 3. The van der Waals surface area contributed by atoms with Gasteiger partial charge in [-0.1, -0.05) is 12.1 Å². The van der Waals surface area contributed by atoms with Crippen LogP contribution >= 0.6 is 0 Å². The van der Waals surface area contributed by atoms with Crippen LogP contribution in [0.15, 0.2) is 36.4 Å². The van der Waals surface area contributed by atoms with Gasteiger partial charge < -0.3 is 16.0 Å². The largest absolute Gasteiger partial charge is 0.399 e. The molecule has 152 valence electrons. The number of carbonyl (C=O) groups excluding carboxylic acids is 3. The molecule has 2 aromatic carbocycles. The molecule has 3 rings (SSSR count). The molecule has 0 saturated carbocycles. The van der Waals surface area contributed by atoms with E-state index in [9.17, 15) is 18.8 Å². The highest BCUT2D eigenvalue weighted by atomic mass is 19.1. The van der Waals surface area contributed by atoms with Gasteiger partial charge in [0.05, 0.1) is 0 Å². The van der Waals surface area contributed by atoms with Crippen molar-refractivity contribution in [3.8, 4) is 0 Å². The minimum atomic E-state index is -0.705. The van der Waals surface area contributed by atoms with E-state index in [0.29, 0.717) is 17.7 Å². The Morgan fingerprint density at radius 3 is 2.83 bits per heavy atom. The van der Waals surface area contributed by atoms with E-state index >= 15 is 0 Å². The van der Waals surface area contributed by atoms with E-state index in [1.54, 1.807) is 6.07 Å². The minimum absolute atomic E-state index is 0.185. The van der Waals surface area contributed by atoms with Crippen LogP contribution in [0.3, 0.4) is 0 Å². The van der Waals surface area contributed by atoms with Gasteiger partial charge in [-0.05, 0) is 48.7 Å². The van der Waals surface area contributed by atoms with Gasteiger partial charge in [-0.2, -0.15) is 0 Å². The summed E-state index contributed by atoms with van der Waals surface area (Å²) >= 11 is 0. The molecule has 7 nitrogen and oxygen atoms in total. The number of amides is 3. The molecule has 1 aliphatic rings. The zero-order valence-corrected chi connectivity index (χ0v) is 16.1. The SMILES string of the molecule is Cc1cccc(NCc2cc(N)ccc2F)c1CN(C=O)C1CCC(=O)NC1=O. The van der Waals surface area contributed by atoms with Gasteiger partial charge in [-0.15, -0.1) is 0 Å². The van der Waals surface area contributed by atoms with E-state index in [1.807, 2.05) is 25.1 Å². The minimum Gasteiger partial charge on any atom is -0.399 e. The number of aryl methyl sites for hydroxylation is 1. The molecule has 0 aliphatic carbocycles. The number of carbonyl (C=O) groups is 3. The molecule has 0 bridgehead atoms. The quantitative estimate of drug-likeness (QED) is 0.376. The molecular weight excluding hydrogens is 375 g/mol. The van der Waals surface area contributed by atoms with Crippen molar-refractivity contribution >= 4 is 29.6 Å². The Labute approximate surface area is 168 Å². The maximum absolute atomic E-state index is 14.0.